The van der Waals surface area contributed by atoms with E-state index in [0.29, 0.717) is 0 Å². The zero-order valence-electron chi connectivity index (χ0n) is 7.17. The molecule has 0 bridgehead atoms. The van der Waals surface area contributed by atoms with Crippen molar-refractivity contribution < 1.29 is 24.9 Å². The molecule has 74 valence electrons. The van der Waals surface area contributed by atoms with E-state index in [-0.39, 0.29) is 6.61 Å². The minimum absolute atomic E-state index is 0.250. The van der Waals surface area contributed by atoms with Gasteiger partial charge in [-0.25, -0.2) is 9.59 Å². The number of hydrogen-bond acceptors (Lipinski definition) is 3. The van der Waals surface area contributed by atoms with Crippen molar-refractivity contribution in [1.82, 2.24) is 0 Å². The second-order valence-electron chi connectivity index (χ2n) is 1.71. The van der Waals surface area contributed by atoms with Gasteiger partial charge in [0.15, 0.2) is 0 Å². The molecule has 0 heterocycles. The lowest BCUT2D eigenvalue weighted by atomic mass is 10.4. The highest BCUT2D eigenvalue weighted by molar-refractivity contribution is 5.82. The predicted molar refractivity (Wildman–Crippen MR) is 46.3 cm³/mol. The van der Waals surface area contributed by atoms with Crippen molar-refractivity contribution in [2.75, 3.05) is 6.61 Å². The fourth-order valence-corrected chi connectivity index (χ4v) is 0.276. The molecule has 13 heavy (non-hydrogen) atoms. The Morgan fingerprint density at radius 1 is 1.08 bits per heavy atom. The first-order valence-corrected chi connectivity index (χ1v) is 3.46. The van der Waals surface area contributed by atoms with E-state index < -0.39 is 11.9 Å². The zero-order valence-corrected chi connectivity index (χ0v) is 7.17. The number of carbonyl (C=O) groups is 2. The summed E-state index contributed by atoms with van der Waals surface area (Å²) in [4.78, 5) is 19.6. The first-order chi connectivity index (χ1) is 6.04. The molecular formula is C8H12O5. The molecule has 0 atom stereocenters. The number of aliphatic hydroxyl groups excluding tert-OH is 1. The first kappa shape index (κ1) is 13.9. The Balaban J connectivity index is 0. The van der Waals surface area contributed by atoms with Gasteiger partial charge < -0.3 is 15.3 Å². The summed E-state index contributed by atoms with van der Waals surface area (Å²) in [7, 11) is 0. The summed E-state index contributed by atoms with van der Waals surface area (Å²) >= 11 is 0. The second kappa shape index (κ2) is 10.4. The van der Waals surface area contributed by atoms with Gasteiger partial charge in [-0.15, -0.1) is 0 Å². The molecule has 0 aliphatic rings. The lowest BCUT2D eigenvalue weighted by molar-refractivity contribution is -0.132. The van der Waals surface area contributed by atoms with E-state index in [4.69, 9.17) is 15.3 Å². The number of aliphatic carboxylic acids is 2. The molecule has 0 radical (unpaired) electrons. The minimum atomic E-state index is -1.10. The molecule has 0 aliphatic heterocycles. The third-order valence-electron chi connectivity index (χ3n) is 0.589. The molecule has 0 spiro atoms. The summed E-state index contributed by atoms with van der Waals surface area (Å²) in [6.45, 7) is 1.93. The maximum Gasteiger partial charge on any atom is 0.328 e. The fourth-order valence-electron chi connectivity index (χ4n) is 0.276. The lowest BCUT2D eigenvalue weighted by Gasteiger charge is -1.75. The number of hydrogen-bond donors (Lipinski definition) is 3. The van der Waals surface area contributed by atoms with E-state index in [1.54, 1.807) is 6.92 Å². The number of carboxylic acids is 2. The van der Waals surface area contributed by atoms with Gasteiger partial charge >= 0.3 is 11.9 Å². The monoisotopic (exact) mass is 188 g/mol. The van der Waals surface area contributed by atoms with Gasteiger partial charge in [0.2, 0.25) is 0 Å². The quantitative estimate of drug-likeness (QED) is 0.436. The molecule has 0 aliphatic carbocycles. The van der Waals surface area contributed by atoms with Crippen LogP contribution in [0, 0.1) is 0 Å². The molecule has 0 fully saturated rings. The van der Waals surface area contributed by atoms with Crippen LogP contribution in [0.25, 0.3) is 0 Å². The smallest absolute Gasteiger partial charge is 0.328 e. The Morgan fingerprint density at radius 3 is 1.46 bits per heavy atom. The highest BCUT2D eigenvalue weighted by atomic mass is 16.4. The van der Waals surface area contributed by atoms with Crippen LogP contribution in [0.4, 0.5) is 0 Å². The van der Waals surface area contributed by atoms with Crippen LogP contribution in [0.2, 0.25) is 0 Å². The maximum atomic E-state index is 9.78. The number of rotatable bonds is 3. The Labute approximate surface area is 75.6 Å². The normalized spacial score (nSPS) is 9.69. The van der Waals surface area contributed by atoms with E-state index in [1.165, 1.54) is 0 Å². The second-order valence-corrected chi connectivity index (χ2v) is 1.71. The molecule has 0 saturated heterocycles. The van der Waals surface area contributed by atoms with E-state index in [9.17, 15) is 9.59 Å². The Bertz CT molecular complexity index is 183. The number of allylic oxidation sites excluding steroid dienone is 2. The van der Waals surface area contributed by atoms with Crippen molar-refractivity contribution >= 4 is 11.9 Å². The molecule has 0 aromatic heterocycles. The van der Waals surface area contributed by atoms with E-state index >= 15 is 0 Å². The Hall–Kier alpha value is -1.62. The third kappa shape index (κ3) is 25.2. The summed E-state index contributed by atoms with van der Waals surface area (Å²) in [5.41, 5.74) is 0. The highest BCUT2D eigenvalue weighted by Crippen LogP contribution is 1.76. The zero-order chi connectivity index (χ0) is 10.7. The summed E-state index contributed by atoms with van der Waals surface area (Å²) in [6, 6.07) is 0. The van der Waals surface area contributed by atoms with Gasteiger partial charge in [0.05, 0.1) is 0 Å². The van der Waals surface area contributed by atoms with Gasteiger partial charge in [-0.2, -0.15) is 0 Å². The average molecular weight is 188 g/mol. The van der Waals surface area contributed by atoms with Crippen LogP contribution in [0.15, 0.2) is 24.3 Å². The van der Waals surface area contributed by atoms with Crippen LogP contribution in [-0.2, 0) is 9.59 Å². The molecule has 0 amide bonds. The van der Waals surface area contributed by atoms with Gasteiger partial charge in [-0.3, -0.25) is 0 Å². The van der Waals surface area contributed by atoms with Crippen molar-refractivity contribution in [2.24, 2.45) is 0 Å². The largest absolute Gasteiger partial charge is 0.478 e. The molecule has 5 nitrogen and oxygen atoms in total. The van der Waals surface area contributed by atoms with Crippen molar-refractivity contribution in [3.8, 4) is 0 Å². The molecule has 3 N–H and O–H groups in total. The minimum Gasteiger partial charge on any atom is -0.478 e. The summed E-state index contributed by atoms with van der Waals surface area (Å²) < 4.78 is 0. The van der Waals surface area contributed by atoms with Gasteiger partial charge in [0, 0.05) is 18.8 Å². The van der Waals surface area contributed by atoms with Gasteiger partial charge in [-0.05, 0) is 6.92 Å². The SMILES string of the molecule is CCO.O=C(O)C=CC=CC(=O)O. The summed E-state index contributed by atoms with van der Waals surface area (Å²) in [6.07, 6.45) is 3.96. The van der Waals surface area contributed by atoms with Crippen LogP contribution >= 0.6 is 0 Å². The summed E-state index contributed by atoms with van der Waals surface area (Å²) in [5.74, 6) is -2.20. The standard InChI is InChI=1S/C6H6O4.C2H6O/c7-5(8)3-1-2-4-6(9)10;1-2-3/h1-4H,(H,7,8)(H,9,10);3H,2H2,1H3. The molecule has 0 aromatic carbocycles. The van der Waals surface area contributed by atoms with Crippen molar-refractivity contribution in [1.29, 1.82) is 0 Å². The van der Waals surface area contributed by atoms with Crippen LogP contribution in [0.5, 0.6) is 0 Å². The molecule has 0 aromatic rings. The molecule has 0 unspecified atom stereocenters. The number of carboxylic acid groups (broad SMARTS) is 2. The van der Waals surface area contributed by atoms with Gasteiger partial charge in [-0.1, -0.05) is 12.2 Å². The van der Waals surface area contributed by atoms with Crippen LogP contribution in [-0.4, -0.2) is 33.9 Å². The maximum absolute atomic E-state index is 9.78. The Morgan fingerprint density at radius 2 is 1.31 bits per heavy atom. The van der Waals surface area contributed by atoms with Crippen LogP contribution in [0.3, 0.4) is 0 Å². The van der Waals surface area contributed by atoms with Crippen LogP contribution in [0.1, 0.15) is 6.92 Å². The lowest BCUT2D eigenvalue weighted by Crippen LogP contribution is -1.86. The number of aliphatic hydroxyl groups is 1. The van der Waals surface area contributed by atoms with Gasteiger partial charge in [0.25, 0.3) is 0 Å². The summed E-state index contributed by atoms with van der Waals surface area (Å²) in [5, 5.41) is 23.6. The van der Waals surface area contributed by atoms with Gasteiger partial charge in [0.1, 0.15) is 0 Å². The van der Waals surface area contributed by atoms with Crippen molar-refractivity contribution in [2.45, 2.75) is 6.92 Å². The molecule has 0 saturated carbocycles. The fraction of sp³-hybridized carbons (Fsp3) is 0.250. The predicted octanol–water partition coefficient (Wildman–Crippen LogP) is 0.267. The van der Waals surface area contributed by atoms with E-state index in [0.717, 1.165) is 24.3 Å². The molecular weight excluding hydrogens is 176 g/mol. The van der Waals surface area contributed by atoms with Crippen molar-refractivity contribution in [3.05, 3.63) is 24.3 Å². The molecule has 5 heteroatoms. The van der Waals surface area contributed by atoms with Crippen LogP contribution < -0.4 is 0 Å². The first-order valence-electron chi connectivity index (χ1n) is 3.46. The van der Waals surface area contributed by atoms with E-state index in [2.05, 4.69) is 0 Å². The van der Waals surface area contributed by atoms with Crippen molar-refractivity contribution in [3.63, 3.8) is 0 Å². The van der Waals surface area contributed by atoms with E-state index in [1.807, 2.05) is 0 Å². The Kier molecular flexibility index (Phi) is 11.1. The average Bonchev–Trinajstić information content (AvgIpc) is 1.99. The third-order valence-corrected chi connectivity index (χ3v) is 0.589. The highest BCUT2D eigenvalue weighted by Gasteiger charge is 1.83. The topological polar surface area (TPSA) is 94.8 Å². The molecule has 0 rings (SSSR count).